The molecule has 0 spiro atoms. The molecule has 25 heavy (non-hydrogen) atoms. The summed E-state index contributed by atoms with van der Waals surface area (Å²) in [6, 6.07) is 0. The minimum atomic E-state index is -1.07. The van der Waals surface area contributed by atoms with Crippen molar-refractivity contribution in [1.29, 1.82) is 0 Å². The summed E-state index contributed by atoms with van der Waals surface area (Å²) in [5, 5.41) is 8.48. The van der Waals surface area contributed by atoms with Crippen molar-refractivity contribution < 1.29 is 24.2 Å². The van der Waals surface area contributed by atoms with Gasteiger partial charge in [-0.15, -0.1) is 0 Å². The van der Waals surface area contributed by atoms with Crippen molar-refractivity contribution in [2.75, 3.05) is 0 Å². The molecule has 5 heteroatoms. The Kier molecular flexibility index (Phi) is 14.1. The lowest BCUT2D eigenvalue weighted by Gasteiger charge is -2.10. The first-order chi connectivity index (χ1) is 11.8. The van der Waals surface area contributed by atoms with Crippen molar-refractivity contribution in [2.24, 2.45) is 11.8 Å². The first kappa shape index (κ1) is 23.6. The van der Waals surface area contributed by atoms with Crippen LogP contribution in [0, 0.1) is 11.8 Å². The van der Waals surface area contributed by atoms with Crippen LogP contribution in [-0.4, -0.2) is 23.0 Å². The van der Waals surface area contributed by atoms with E-state index in [0.717, 1.165) is 18.8 Å². The highest BCUT2D eigenvalue weighted by molar-refractivity contribution is 5.87. The van der Waals surface area contributed by atoms with Crippen LogP contribution < -0.4 is 0 Å². The molecule has 0 amide bonds. The molecule has 0 heterocycles. The lowest BCUT2D eigenvalue weighted by molar-refractivity contribution is -0.163. The Morgan fingerprint density at radius 1 is 0.760 bits per heavy atom. The van der Waals surface area contributed by atoms with Gasteiger partial charge < -0.3 is 9.84 Å². The molecule has 0 bridgehead atoms. The molecule has 0 saturated heterocycles. The van der Waals surface area contributed by atoms with Crippen molar-refractivity contribution in [3.8, 4) is 0 Å². The molecule has 0 aromatic heterocycles. The van der Waals surface area contributed by atoms with E-state index in [4.69, 9.17) is 5.11 Å². The second-order valence-corrected chi connectivity index (χ2v) is 7.39. The number of carbonyl (C=O) groups is 3. The molecule has 1 N–H and O–H groups in total. The van der Waals surface area contributed by atoms with Crippen LogP contribution in [0.25, 0.3) is 0 Å². The van der Waals surface area contributed by atoms with E-state index in [1.54, 1.807) is 6.92 Å². The third-order valence-electron chi connectivity index (χ3n) is 4.33. The third kappa shape index (κ3) is 15.9. The zero-order chi connectivity index (χ0) is 19.1. The van der Waals surface area contributed by atoms with Gasteiger partial charge in [-0.05, 0) is 12.3 Å². The number of unbranched alkanes of at least 4 members (excludes halogenated alkanes) is 7. The Morgan fingerprint density at radius 2 is 1.24 bits per heavy atom. The highest BCUT2D eigenvalue weighted by Gasteiger charge is 2.18. The van der Waals surface area contributed by atoms with Gasteiger partial charge in [-0.2, -0.15) is 0 Å². The Bertz CT molecular complexity index is 390. The predicted octanol–water partition coefficient (Wildman–Crippen LogP) is 5.11. The monoisotopic (exact) mass is 356 g/mol. The number of carbonyl (C=O) groups excluding carboxylic acids is 2. The largest absolute Gasteiger partial charge is 0.481 e. The second kappa shape index (κ2) is 14.9. The van der Waals surface area contributed by atoms with Crippen molar-refractivity contribution in [3.63, 3.8) is 0 Å². The molecule has 0 radical (unpaired) electrons. The van der Waals surface area contributed by atoms with Crippen LogP contribution in [0.3, 0.4) is 0 Å². The minimum Gasteiger partial charge on any atom is -0.481 e. The Hall–Kier alpha value is -1.39. The molecule has 1 unspecified atom stereocenters. The highest BCUT2D eigenvalue weighted by Crippen LogP contribution is 2.15. The van der Waals surface area contributed by atoms with Crippen LogP contribution in [0.4, 0.5) is 0 Å². The standard InChI is InChI=1S/C20H36O5/c1-16(2)12-10-8-6-4-5-7-9-11-13-17(3)20(24)25-19(23)15-14-18(21)22/h16-17H,4-15H2,1-3H3,(H,21,22). The van der Waals surface area contributed by atoms with E-state index in [0.29, 0.717) is 6.42 Å². The molecular formula is C20H36O5. The van der Waals surface area contributed by atoms with E-state index >= 15 is 0 Å². The van der Waals surface area contributed by atoms with Crippen molar-refractivity contribution in [3.05, 3.63) is 0 Å². The van der Waals surface area contributed by atoms with Gasteiger partial charge in [-0.25, -0.2) is 0 Å². The van der Waals surface area contributed by atoms with Gasteiger partial charge >= 0.3 is 17.9 Å². The van der Waals surface area contributed by atoms with Gasteiger partial charge in [0.15, 0.2) is 0 Å². The fourth-order valence-corrected chi connectivity index (χ4v) is 2.65. The topological polar surface area (TPSA) is 80.7 Å². The van der Waals surface area contributed by atoms with Gasteiger partial charge in [-0.1, -0.05) is 78.6 Å². The normalized spacial score (nSPS) is 12.2. The lowest BCUT2D eigenvalue weighted by atomic mass is 10.0. The Morgan fingerprint density at radius 3 is 1.72 bits per heavy atom. The number of rotatable bonds is 15. The number of carboxylic acid groups (broad SMARTS) is 1. The van der Waals surface area contributed by atoms with Crippen LogP contribution in [-0.2, 0) is 19.1 Å². The second-order valence-electron chi connectivity index (χ2n) is 7.39. The van der Waals surface area contributed by atoms with Gasteiger partial charge in [0.1, 0.15) is 0 Å². The molecule has 146 valence electrons. The summed E-state index contributed by atoms with van der Waals surface area (Å²) >= 11 is 0. The number of aliphatic carboxylic acids is 1. The van der Waals surface area contributed by atoms with Crippen molar-refractivity contribution >= 4 is 17.9 Å². The maximum Gasteiger partial charge on any atom is 0.316 e. The van der Waals surface area contributed by atoms with Crippen LogP contribution in [0.15, 0.2) is 0 Å². The Labute approximate surface area is 152 Å². The molecular weight excluding hydrogens is 320 g/mol. The van der Waals surface area contributed by atoms with E-state index in [1.807, 2.05) is 0 Å². The van der Waals surface area contributed by atoms with Gasteiger partial charge in [0.2, 0.25) is 0 Å². The molecule has 0 aromatic rings. The molecule has 0 aliphatic heterocycles. The van der Waals surface area contributed by atoms with Crippen molar-refractivity contribution in [2.45, 2.75) is 97.8 Å². The summed E-state index contributed by atoms with van der Waals surface area (Å²) < 4.78 is 4.67. The van der Waals surface area contributed by atoms with E-state index < -0.39 is 17.9 Å². The van der Waals surface area contributed by atoms with Crippen molar-refractivity contribution in [1.82, 2.24) is 0 Å². The number of carboxylic acids is 1. The van der Waals surface area contributed by atoms with Crippen LogP contribution in [0.2, 0.25) is 0 Å². The molecule has 0 fully saturated rings. The fraction of sp³-hybridized carbons (Fsp3) is 0.850. The minimum absolute atomic E-state index is 0.259. The lowest BCUT2D eigenvalue weighted by Crippen LogP contribution is -2.19. The molecule has 0 aromatic carbocycles. The van der Waals surface area contributed by atoms with Gasteiger partial charge in [0.25, 0.3) is 0 Å². The van der Waals surface area contributed by atoms with E-state index in [9.17, 15) is 14.4 Å². The number of esters is 2. The van der Waals surface area contributed by atoms with E-state index in [2.05, 4.69) is 18.6 Å². The third-order valence-corrected chi connectivity index (χ3v) is 4.33. The van der Waals surface area contributed by atoms with Gasteiger partial charge in [0.05, 0.1) is 18.8 Å². The molecule has 0 aliphatic rings. The summed E-state index contributed by atoms with van der Waals surface area (Å²) in [6.07, 6.45) is 11.2. The molecule has 0 rings (SSSR count). The maximum absolute atomic E-state index is 11.7. The summed E-state index contributed by atoms with van der Waals surface area (Å²) in [4.78, 5) is 33.4. The first-order valence-electron chi connectivity index (χ1n) is 9.79. The zero-order valence-electron chi connectivity index (χ0n) is 16.2. The zero-order valence-corrected chi connectivity index (χ0v) is 16.2. The molecule has 0 aliphatic carbocycles. The van der Waals surface area contributed by atoms with E-state index in [1.165, 1.54) is 44.9 Å². The molecule has 5 nitrogen and oxygen atoms in total. The number of hydrogen-bond donors (Lipinski definition) is 1. The van der Waals surface area contributed by atoms with Crippen LogP contribution in [0.5, 0.6) is 0 Å². The average molecular weight is 357 g/mol. The van der Waals surface area contributed by atoms with Crippen LogP contribution >= 0.6 is 0 Å². The predicted molar refractivity (Wildman–Crippen MR) is 98.1 cm³/mol. The fourth-order valence-electron chi connectivity index (χ4n) is 2.65. The smallest absolute Gasteiger partial charge is 0.316 e. The summed E-state index contributed by atoms with van der Waals surface area (Å²) in [7, 11) is 0. The quantitative estimate of drug-likeness (QED) is 0.250. The first-order valence-corrected chi connectivity index (χ1v) is 9.79. The average Bonchev–Trinajstić information content (AvgIpc) is 2.54. The van der Waals surface area contributed by atoms with Gasteiger partial charge in [-0.3, -0.25) is 14.4 Å². The maximum atomic E-state index is 11.7. The van der Waals surface area contributed by atoms with Gasteiger partial charge in [0, 0.05) is 0 Å². The van der Waals surface area contributed by atoms with Crippen LogP contribution in [0.1, 0.15) is 97.8 Å². The SMILES string of the molecule is CC(C)CCCCCCCCCCC(C)C(=O)OC(=O)CCC(=O)O. The molecule has 0 saturated carbocycles. The Balaban J connectivity index is 3.53. The van der Waals surface area contributed by atoms with E-state index in [-0.39, 0.29) is 18.8 Å². The summed E-state index contributed by atoms with van der Waals surface area (Å²) in [6.45, 7) is 6.28. The summed E-state index contributed by atoms with van der Waals surface area (Å²) in [5.41, 5.74) is 0. The molecule has 1 atom stereocenters. The highest BCUT2D eigenvalue weighted by atomic mass is 16.6. The number of ether oxygens (including phenoxy) is 1. The summed E-state index contributed by atoms with van der Waals surface area (Å²) in [5.74, 6) is -1.87. The number of hydrogen-bond acceptors (Lipinski definition) is 4.